The van der Waals surface area contributed by atoms with Gasteiger partial charge in [0.25, 0.3) is 0 Å². The van der Waals surface area contributed by atoms with Crippen LogP contribution in [0.1, 0.15) is 28.4 Å². The molecular weight excluding hydrogens is 384 g/mol. The second-order valence-electron chi connectivity index (χ2n) is 4.77. The Morgan fingerprint density at radius 3 is 2.45 bits per heavy atom. The maximum absolute atomic E-state index is 10.7. The zero-order chi connectivity index (χ0) is 14.9. The fourth-order valence-electron chi connectivity index (χ4n) is 2.34. The Morgan fingerprint density at radius 2 is 1.80 bits per heavy atom. The van der Waals surface area contributed by atoms with Gasteiger partial charge < -0.3 is 9.84 Å². The number of hydrogen-bond acceptors (Lipinski definition) is 2. The van der Waals surface area contributed by atoms with Gasteiger partial charge in [-0.1, -0.05) is 37.9 Å². The monoisotopic (exact) mass is 398 g/mol. The number of aliphatic hydroxyl groups excluding tert-OH is 1. The molecule has 2 aromatic carbocycles. The van der Waals surface area contributed by atoms with E-state index in [2.05, 4.69) is 31.9 Å². The molecule has 0 heterocycles. The number of rotatable bonds is 3. The SMILES string of the molecule is COc1cc(C)cc(C)c1C(O)c1cc(Br)ccc1Br. The van der Waals surface area contributed by atoms with E-state index in [1.807, 2.05) is 44.2 Å². The Morgan fingerprint density at radius 1 is 1.10 bits per heavy atom. The van der Waals surface area contributed by atoms with Crippen LogP contribution >= 0.6 is 31.9 Å². The molecule has 0 spiro atoms. The first-order valence-electron chi connectivity index (χ1n) is 6.22. The Balaban J connectivity index is 2.58. The van der Waals surface area contributed by atoms with E-state index in [9.17, 15) is 5.11 Å². The molecule has 4 heteroatoms. The summed E-state index contributed by atoms with van der Waals surface area (Å²) >= 11 is 6.93. The molecule has 106 valence electrons. The summed E-state index contributed by atoms with van der Waals surface area (Å²) in [5, 5.41) is 10.7. The minimum atomic E-state index is -0.738. The average molecular weight is 400 g/mol. The minimum absolute atomic E-state index is 0.710. The maximum atomic E-state index is 10.7. The third kappa shape index (κ3) is 3.08. The van der Waals surface area contributed by atoms with Gasteiger partial charge in [-0.25, -0.2) is 0 Å². The first-order chi connectivity index (χ1) is 9.43. The molecule has 1 unspecified atom stereocenters. The first-order valence-corrected chi connectivity index (χ1v) is 7.80. The molecule has 0 saturated carbocycles. The summed E-state index contributed by atoms with van der Waals surface area (Å²) in [6, 6.07) is 9.75. The molecule has 0 aromatic heterocycles. The fraction of sp³-hybridized carbons (Fsp3) is 0.250. The number of aryl methyl sites for hydroxylation is 2. The Kier molecular flexibility index (Phi) is 4.89. The normalized spacial score (nSPS) is 12.3. The predicted molar refractivity (Wildman–Crippen MR) is 88.4 cm³/mol. The standard InChI is InChI=1S/C16H16Br2O2/c1-9-6-10(2)15(14(7-9)20-3)16(19)12-8-11(17)4-5-13(12)18/h4-8,16,19H,1-3H3. The molecule has 2 nitrogen and oxygen atoms in total. The highest BCUT2D eigenvalue weighted by Gasteiger charge is 2.20. The van der Waals surface area contributed by atoms with Gasteiger partial charge >= 0.3 is 0 Å². The lowest BCUT2D eigenvalue weighted by Crippen LogP contribution is -2.06. The highest BCUT2D eigenvalue weighted by atomic mass is 79.9. The van der Waals surface area contributed by atoms with Crippen LogP contribution < -0.4 is 4.74 Å². The third-order valence-corrected chi connectivity index (χ3v) is 4.45. The summed E-state index contributed by atoms with van der Waals surface area (Å²) in [5.74, 6) is 0.710. The minimum Gasteiger partial charge on any atom is -0.496 e. The molecule has 2 rings (SSSR count). The van der Waals surface area contributed by atoms with E-state index in [1.54, 1.807) is 7.11 Å². The lowest BCUT2D eigenvalue weighted by Gasteiger charge is -2.20. The van der Waals surface area contributed by atoms with E-state index in [-0.39, 0.29) is 0 Å². The van der Waals surface area contributed by atoms with Crippen LogP contribution in [0.5, 0.6) is 5.75 Å². The molecule has 0 saturated heterocycles. The zero-order valence-electron chi connectivity index (χ0n) is 11.6. The van der Waals surface area contributed by atoms with Gasteiger partial charge in [0.2, 0.25) is 0 Å². The summed E-state index contributed by atoms with van der Waals surface area (Å²) in [6.07, 6.45) is -0.738. The molecule has 0 aliphatic heterocycles. The molecule has 1 N–H and O–H groups in total. The van der Waals surface area contributed by atoms with Crippen molar-refractivity contribution < 1.29 is 9.84 Å². The summed E-state index contributed by atoms with van der Waals surface area (Å²) in [5.41, 5.74) is 3.74. The van der Waals surface area contributed by atoms with Gasteiger partial charge in [-0.05, 0) is 49.2 Å². The van der Waals surface area contributed by atoms with Gasteiger partial charge in [-0.3, -0.25) is 0 Å². The summed E-state index contributed by atoms with van der Waals surface area (Å²) in [6.45, 7) is 4.00. The zero-order valence-corrected chi connectivity index (χ0v) is 14.7. The van der Waals surface area contributed by atoms with Crippen molar-refractivity contribution in [3.8, 4) is 5.75 Å². The average Bonchev–Trinajstić information content (AvgIpc) is 2.40. The number of halogens is 2. The van der Waals surface area contributed by atoms with Crippen LogP contribution in [-0.4, -0.2) is 12.2 Å². The van der Waals surface area contributed by atoms with Gasteiger partial charge in [-0.15, -0.1) is 0 Å². The molecule has 0 fully saturated rings. The number of aliphatic hydroxyl groups is 1. The molecular formula is C16H16Br2O2. The van der Waals surface area contributed by atoms with Crippen molar-refractivity contribution in [1.29, 1.82) is 0 Å². The van der Waals surface area contributed by atoms with Gasteiger partial charge in [0.05, 0.1) is 7.11 Å². The number of hydrogen-bond donors (Lipinski definition) is 1. The Hall–Kier alpha value is -0.840. The van der Waals surface area contributed by atoms with E-state index >= 15 is 0 Å². The molecule has 0 radical (unpaired) electrons. The first kappa shape index (κ1) is 15.5. The van der Waals surface area contributed by atoms with E-state index in [1.165, 1.54) is 0 Å². The second-order valence-corrected chi connectivity index (χ2v) is 6.54. The molecule has 0 aliphatic rings. The van der Waals surface area contributed by atoms with Crippen molar-refractivity contribution in [3.63, 3.8) is 0 Å². The number of methoxy groups -OCH3 is 1. The number of ether oxygens (including phenoxy) is 1. The number of benzene rings is 2. The summed E-state index contributed by atoms with van der Waals surface area (Å²) in [7, 11) is 1.63. The third-order valence-electron chi connectivity index (χ3n) is 3.24. The van der Waals surface area contributed by atoms with Crippen molar-refractivity contribution in [1.82, 2.24) is 0 Å². The second kappa shape index (κ2) is 6.29. The van der Waals surface area contributed by atoms with Crippen molar-refractivity contribution in [2.24, 2.45) is 0 Å². The van der Waals surface area contributed by atoms with E-state index in [4.69, 9.17) is 4.74 Å². The van der Waals surface area contributed by atoms with Gasteiger partial charge in [0, 0.05) is 20.1 Å². The van der Waals surface area contributed by atoms with E-state index in [0.29, 0.717) is 5.75 Å². The van der Waals surface area contributed by atoms with Crippen molar-refractivity contribution in [3.05, 3.63) is 61.5 Å². The largest absolute Gasteiger partial charge is 0.496 e. The maximum Gasteiger partial charge on any atom is 0.125 e. The molecule has 1 atom stereocenters. The molecule has 20 heavy (non-hydrogen) atoms. The van der Waals surface area contributed by atoms with E-state index < -0.39 is 6.10 Å². The summed E-state index contributed by atoms with van der Waals surface area (Å²) in [4.78, 5) is 0. The van der Waals surface area contributed by atoms with E-state index in [0.717, 1.165) is 31.2 Å². The quantitative estimate of drug-likeness (QED) is 0.793. The van der Waals surface area contributed by atoms with Crippen LogP contribution in [0.4, 0.5) is 0 Å². The summed E-state index contributed by atoms with van der Waals surface area (Å²) < 4.78 is 7.23. The molecule has 0 bridgehead atoms. The van der Waals surface area contributed by atoms with Crippen LogP contribution in [0.3, 0.4) is 0 Å². The van der Waals surface area contributed by atoms with Gasteiger partial charge in [0.15, 0.2) is 0 Å². The highest BCUT2D eigenvalue weighted by Crippen LogP contribution is 2.37. The Labute approximate surface area is 136 Å². The van der Waals surface area contributed by atoms with Crippen molar-refractivity contribution >= 4 is 31.9 Å². The molecule has 0 aliphatic carbocycles. The predicted octanol–water partition coefficient (Wildman–Crippen LogP) is 4.92. The topological polar surface area (TPSA) is 29.5 Å². The molecule has 2 aromatic rings. The van der Waals surface area contributed by atoms with Gasteiger partial charge in [0.1, 0.15) is 11.9 Å². The van der Waals surface area contributed by atoms with Crippen molar-refractivity contribution in [2.45, 2.75) is 20.0 Å². The van der Waals surface area contributed by atoms with Crippen LogP contribution in [0.25, 0.3) is 0 Å². The van der Waals surface area contributed by atoms with Gasteiger partial charge in [-0.2, -0.15) is 0 Å². The fourth-order valence-corrected chi connectivity index (χ4v) is 3.18. The molecule has 0 amide bonds. The highest BCUT2D eigenvalue weighted by molar-refractivity contribution is 9.11. The van der Waals surface area contributed by atoms with Crippen LogP contribution in [-0.2, 0) is 0 Å². The Bertz CT molecular complexity index is 639. The van der Waals surface area contributed by atoms with Crippen LogP contribution in [0.15, 0.2) is 39.3 Å². The lowest BCUT2D eigenvalue weighted by atomic mass is 9.95. The smallest absolute Gasteiger partial charge is 0.125 e. The van der Waals surface area contributed by atoms with Crippen LogP contribution in [0.2, 0.25) is 0 Å². The van der Waals surface area contributed by atoms with Crippen LogP contribution in [0, 0.1) is 13.8 Å². The lowest BCUT2D eigenvalue weighted by molar-refractivity contribution is 0.213. The van der Waals surface area contributed by atoms with Crippen molar-refractivity contribution in [2.75, 3.05) is 7.11 Å².